The van der Waals surface area contributed by atoms with Crippen molar-refractivity contribution in [2.24, 2.45) is 16.3 Å². The van der Waals surface area contributed by atoms with Gasteiger partial charge in [0.15, 0.2) is 0 Å². The van der Waals surface area contributed by atoms with Gasteiger partial charge in [0.2, 0.25) is 0 Å². The molecule has 2 heteroatoms. The summed E-state index contributed by atoms with van der Waals surface area (Å²) < 4.78 is 0. The second kappa shape index (κ2) is 3.00. The Balaban J connectivity index is 2.60. The van der Waals surface area contributed by atoms with E-state index in [1.165, 1.54) is 12.8 Å². The molecule has 0 aliphatic heterocycles. The number of nitrogens with one attached hydrogen (secondary N) is 1. The zero-order chi connectivity index (χ0) is 9.35. The van der Waals surface area contributed by atoms with Gasteiger partial charge in [0.1, 0.15) is 5.84 Å². The number of aliphatic imine (C=N–C) groups is 1. The molecule has 0 bridgehead atoms. The molecule has 1 rings (SSSR count). The van der Waals surface area contributed by atoms with Gasteiger partial charge >= 0.3 is 0 Å². The molecule has 1 fully saturated rings. The molecular formula is C10H18N2. The van der Waals surface area contributed by atoms with Crippen molar-refractivity contribution in [3.63, 3.8) is 0 Å². The molecule has 0 unspecified atom stereocenters. The van der Waals surface area contributed by atoms with Crippen LogP contribution >= 0.6 is 0 Å². The Labute approximate surface area is 74.6 Å². The molecule has 12 heavy (non-hydrogen) atoms. The van der Waals surface area contributed by atoms with Crippen molar-refractivity contribution < 1.29 is 0 Å². The van der Waals surface area contributed by atoms with Crippen LogP contribution in [0.4, 0.5) is 0 Å². The topological polar surface area (TPSA) is 36.2 Å². The maximum atomic E-state index is 7.63. The molecule has 0 amide bonds. The smallest absolute Gasteiger partial charge is 0.123 e. The molecule has 0 aromatic carbocycles. The molecule has 0 atom stereocenters. The quantitative estimate of drug-likeness (QED) is 0.459. The van der Waals surface area contributed by atoms with Crippen LogP contribution in [0, 0.1) is 16.7 Å². The van der Waals surface area contributed by atoms with E-state index in [9.17, 15) is 0 Å². The summed E-state index contributed by atoms with van der Waals surface area (Å²) in [6.45, 7) is 8.40. The van der Waals surface area contributed by atoms with E-state index in [1.54, 1.807) is 0 Å². The van der Waals surface area contributed by atoms with Gasteiger partial charge in [-0.1, -0.05) is 20.8 Å². The summed E-state index contributed by atoms with van der Waals surface area (Å²) in [6.07, 6.45) is 2.33. The Kier molecular flexibility index (Phi) is 2.36. The van der Waals surface area contributed by atoms with Gasteiger partial charge in [0.25, 0.3) is 0 Å². The molecule has 0 saturated heterocycles. The molecule has 1 aliphatic carbocycles. The standard InChI is InChI=1S/C10H18N2/c1-7(10(2,3)4)12-9(11)8-5-6-8/h8,11H,5-6H2,1-4H3/b11-9?,12-7+. The van der Waals surface area contributed by atoms with Crippen molar-refractivity contribution >= 4 is 11.5 Å². The van der Waals surface area contributed by atoms with E-state index in [0.717, 1.165) is 5.71 Å². The van der Waals surface area contributed by atoms with Crippen molar-refractivity contribution in [1.82, 2.24) is 0 Å². The molecule has 0 aromatic rings. The molecule has 1 N–H and O–H groups in total. The summed E-state index contributed by atoms with van der Waals surface area (Å²) in [5.74, 6) is 1.06. The minimum absolute atomic E-state index is 0.112. The fourth-order valence-corrected chi connectivity index (χ4v) is 0.796. The average molecular weight is 166 g/mol. The normalized spacial score (nSPS) is 19.5. The molecule has 2 nitrogen and oxygen atoms in total. The van der Waals surface area contributed by atoms with Crippen molar-refractivity contribution in [2.75, 3.05) is 0 Å². The first kappa shape index (κ1) is 9.43. The van der Waals surface area contributed by atoms with Crippen LogP contribution in [0.3, 0.4) is 0 Å². The maximum absolute atomic E-state index is 7.63. The molecule has 0 spiro atoms. The molecule has 68 valence electrons. The highest BCUT2D eigenvalue weighted by molar-refractivity contribution is 5.99. The van der Waals surface area contributed by atoms with Crippen LogP contribution in [0.2, 0.25) is 0 Å². The van der Waals surface area contributed by atoms with Crippen LogP contribution in [0.25, 0.3) is 0 Å². The highest BCUT2D eigenvalue weighted by Crippen LogP contribution is 2.31. The third-order valence-electron chi connectivity index (χ3n) is 2.34. The second-order valence-corrected chi connectivity index (χ2v) is 4.61. The Hall–Kier alpha value is -0.660. The van der Waals surface area contributed by atoms with Crippen LogP contribution in [0.5, 0.6) is 0 Å². The highest BCUT2D eigenvalue weighted by Gasteiger charge is 2.27. The van der Waals surface area contributed by atoms with E-state index in [1.807, 2.05) is 6.92 Å². The zero-order valence-corrected chi connectivity index (χ0v) is 8.44. The summed E-state index contributed by atoms with van der Waals surface area (Å²) >= 11 is 0. The van der Waals surface area contributed by atoms with Crippen molar-refractivity contribution in [3.8, 4) is 0 Å². The minimum atomic E-state index is 0.112. The maximum Gasteiger partial charge on any atom is 0.123 e. The summed E-state index contributed by atoms with van der Waals surface area (Å²) in [5.41, 5.74) is 1.18. The van der Waals surface area contributed by atoms with Gasteiger partial charge in [0.05, 0.1) is 0 Å². The summed E-state index contributed by atoms with van der Waals surface area (Å²) in [6, 6.07) is 0. The lowest BCUT2D eigenvalue weighted by molar-refractivity contribution is 0.588. The monoisotopic (exact) mass is 166 g/mol. The van der Waals surface area contributed by atoms with E-state index >= 15 is 0 Å². The fraction of sp³-hybridized carbons (Fsp3) is 0.800. The van der Waals surface area contributed by atoms with E-state index in [0.29, 0.717) is 11.8 Å². The molecular weight excluding hydrogens is 148 g/mol. The summed E-state index contributed by atoms with van der Waals surface area (Å²) in [7, 11) is 0. The van der Waals surface area contributed by atoms with Gasteiger partial charge in [0, 0.05) is 17.0 Å². The summed E-state index contributed by atoms with van der Waals surface area (Å²) in [5, 5.41) is 7.63. The van der Waals surface area contributed by atoms with E-state index in [-0.39, 0.29) is 5.41 Å². The fourth-order valence-electron chi connectivity index (χ4n) is 0.796. The van der Waals surface area contributed by atoms with Crippen LogP contribution in [-0.2, 0) is 0 Å². The lowest BCUT2D eigenvalue weighted by atomic mass is 9.91. The Morgan fingerprint density at radius 3 is 2.17 bits per heavy atom. The second-order valence-electron chi connectivity index (χ2n) is 4.61. The Morgan fingerprint density at radius 1 is 1.33 bits per heavy atom. The lowest BCUT2D eigenvalue weighted by Gasteiger charge is -2.17. The summed E-state index contributed by atoms with van der Waals surface area (Å²) in [4.78, 5) is 4.31. The van der Waals surface area contributed by atoms with Gasteiger partial charge in [-0.25, -0.2) is 4.99 Å². The van der Waals surface area contributed by atoms with Crippen LogP contribution < -0.4 is 0 Å². The number of hydrogen-bond donors (Lipinski definition) is 1. The number of rotatable bonds is 1. The van der Waals surface area contributed by atoms with Crippen molar-refractivity contribution in [1.29, 1.82) is 5.41 Å². The Morgan fingerprint density at radius 2 is 1.83 bits per heavy atom. The van der Waals surface area contributed by atoms with Crippen LogP contribution in [0.15, 0.2) is 4.99 Å². The van der Waals surface area contributed by atoms with Crippen molar-refractivity contribution in [3.05, 3.63) is 0 Å². The third-order valence-corrected chi connectivity index (χ3v) is 2.34. The highest BCUT2D eigenvalue weighted by atomic mass is 14.9. The van der Waals surface area contributed by atoms with E-state index in [2.05, 4.69) is 25.8 Å². The predicted octanol–water partition coefficient (Wildman–Crippen LogP) is 2.88. The largest absolute Gasteiger partial charge is 0.286 e. The van der Waals surface area contributed by atoms with Gasteiger partial charge < -0.3 is 0 Å². The van der Waals surface area contributed by atoms with Gasteiger partial charge in [-0.15, -0.1) is 0 Å². The first-order valence-corrected chi connectivity index (χ1v) is 4.55. The van der Waals surface area contributed by atoms with Gasteiger partial charge in [-0.05, 0) is 19.8 Å². The number of hydrogen-bond acceptors (Lipinski definition) is 1. The molecule has 0 aromatic heterocycles. The molecule has 0 radical (unpaired) electrons. The Bertz CT molecular complexity index is 216. The average Bonchev–Trinajstić information content (AvgIpc) is 2.65. The van der Waals surface area contributed by atoms with E-state index in [4.69, 9.17) is 5.41 Å². The molecule has 1 aliphatic rings. The van der Waals surface area contributed by atoms with Crippen molar-refractivity contribution in [2.45, 2.75) is 40.5 Å². The molecule has 0 heterocycles. The first-order chi connectivity index (χ1) is 5.41. The van der Waals surface area contributed by atoms with Crippen LogP contribution in [0.1, 0.15) is 40.5 Å². The zero-order valence-electron chi connectivity index (χ0n) is 8.44. The molecule has 1 saturated carbocycles. The van der Waals surface area contributed by atoms with Gasteiger partial charge in [-0.2, -0.15) is 0 Å². The first-order valence-electron chi connectivity index (χ1n) is 4.55. The lowest BCUT2D eigenvalue weighted by Crippen LogP contribution is -2.18. The number of nitrogens with zero attached hydrogens (tertiary/aromatic N) is 1. The van der Waals surface area contributed by atoms with Gasteiger partial charge in [-0.3, -0.25) is 5.41 Å². The SMILES string of the molecule is C/C(=N\C(=N)C1CC1)C(C)(C)C. The predicted molar refractivity (Wildman–Crippen MR) is 53.0 cm³/mol. The number of amidine groups is 1. The van der Waals surface area contributed by atoms with Crippen LogP contribution in [-0.4, -0.2) is 11.5 Å². The third kappa shape index (κ3) is 2.43. The minimum Gasteiger partial charge on any atom is -0.286 e. The van der Waals surface area contributed by atoms with E-state index < -0.39 is 0 Å².